The van der Waals surface area contributed by atoms with Crippen molar-refractivity contribution in [2.24, 2.45) is 5.41 Å². The Labute approximate surface area is 116 Å². The van der Waals surface area contributed by atoms with Crippen molar-refractivity contribution in [3.05, 3.63) is 54.3 Å². The van der Waals surface area contributed by atoms with Gasteiger partial charge in [-0.15, -0.1) is 0 Å². The largest absolute Gasteiger partial charge is 0.361 e. The summed E-state index contributed by atoms with van der Waals surface area (Å²) in [5.41, 5.74) is 2.64. The highest BCUT2D eigenvalue weighted by Crippen LogP contribution is 2.30. The maximum Gasteiger partial charge on any atom is 0.151 e. The van der Waals surface area contributed by atoms with Crippen LogP contribution in [0.4, 0.5) is 5.69 Å². The number of benzene rings is 1. The van der Waals surface area contributed by atoms with Crippen LogP contribution in [0.3, 0.4) is 0 Å². The van der Waals surface area contributed by atoms with Gasteiger partial charge in [0, 0.05) is 17.5 Å². The number of hydrogen-bond donors (Lipinski definition) is 1. The number of para-hydroxylation sites is 1. The van der Waals surface area contributed by atoms with Crippen LogP contribution in [0.1, 0.15) is 33.6 Å². The fourth-order valence-electron chi connectivity index (χ4n) is 1.72. The fourth-order valence-corrected chi connectivity index (χ4v) is 1.72. The van der Waals surface area contributed by atoms with Crippen molar-refractivity contribution in [2.45, 2.75) is 33.6 Å². The first-order chi connectivity index (χ1) is 8.98. The van der Waals surface area contributed by atoms with E-state index in [1.165, 1.54) is 0 Å². The normalized spacial score (nSPS) is 12.1. The summed E-state index contributed by atoms with van der Waals surface area (Å²) in [6.07, 6.45) is 4.48. The number of aldehydes is 1. The molecule has 0 spiro atoms. The van der Waals surface area contributed by atoms with Crippen LogP contribution >= 0.6 is 0 Å². The van der Waals surface area contributed by atoms with E-state index in [1.807, 2.05) is 30.3 Å². The first kappa shape index (κ1) is 15.2. The number of hydrogen-bond acceptors (Lipinski definition) is 2. The van der Waals surface area contributed by atoms with E-state index < -0.39 is 0 Å². The van der Waals surface area contributed by atoms with Crippen LogP contribution in [0, 0.1) is 5.41 Å². The number of anilines is 1. The van der Waals surface area contributed by atoms with E-state index in [4.69, 9.17) is 0 Å². The first-order valence-electron chi connectivity index (χ1n) is 6.63. The Morgan fingerprint density at radius 1 is 1.32 bits per heavy atom. The highest BCUT2D eigenvalue weighted by Gasteiger charge is 2.17. The van der Waals surface area contributed by atoms with Gasteiger partial charge < -0.3 is 5.32 Å². The maximum absolute atomic E-state index is 11.2. The Balaban J connectivity index is 2.72. The highest BCUT2D eigenvalue weighted by atomic mass is 16.1. The lowest BCUT2D eigenvalue weighted by molar-refractivity contribution is -0.104. The van der Waals surface area contributed by atoms with Crippen molar-refractivity contribution < 1.29 is 4.79 Å². The molecule has 2 nitrogen and oxygen atoms in total. The summed E-state index contributed by atoms with van der Waals surface area (Å²) >= 11 is 0. The molecule has 0 radical (unpaired) electrons. The predicted octanol–water partition coefficient (Wildman–Crippen LogP) is 4.56. The molecule has 0 unspecified atom stereocenters. The van der Waals surface area contributed by atoms with E-state index in [0.717, 1.165) is 30.4 Å². The fraction of sp³-hybridized carbons (Fsp3) is 0.353. The third-order valence-electron chi connectivity index (χ3n) is 3.35. The lowest BCUT2D eigenvalue weighted by Crippen LogP contribution is -2.12. The summed E-state index contributed by atoms with van der Waals surface area (Å²) in [7, 11) is 0. The molecule has 19 heavy (non-hydrogen) atoms. The number of carbonyl (C=O) groups excluding carboxylic acids is 1. The van der Waals surface area contributed by atoms with Gasteiger partial charge in [0.15, 0.2) is 6.29 Å². The third kappa shape index (κ3) is 5.12. The van der Waals surface area contributed by atoms with Crippen molar-refractivity contribution in [3.8, 4) is 0 Å². The molecule has 0 aliphatic carbocycles. The molecule has 0 bridgehead atoms. The van der Waals surface area contributed by atoms with E-state index in [0.29, 0.717) is 5.57 Å². The van der Waals surface area contributed by atoms with Crippen molar-refractivity contribution in [1.29, 1.82) is 0 Å². The molecular formula is C17H23NO. The number of rotatable bonds is 7. The van der Waals surface area contributed by atoms with Gasteiger partial charge in [-0.25, -0.2) is 0 Å². The summed E-state index contributed by atoms with van der Waals surface area (Å²) in [5, 5.41) is 3.13. The molecule has 0 saturated heterocycles. The van der Waals surface area contributed by atoms with Gasteiger partial charge in [0.2, 0.25) is 0 Å². The summed E-state index contributed by atoms with van der Waals surface area (Å²) in [5.74, 6) is 0. The van der Waals surface area contributed by atoms with Gasteiger partial charge in [-0.05, 0) is 29.5 Å². The second-order valence-electron chi connectivity index (χ2n) is 5.53. The van der Waals surface area contributed by atoms with Crippen LogP contribution in [0.5, 0.6) is 0 Å². The van der Waals surface area contributed by atoms with Crippen molar-refractivity contribution in [1.82, 2.24) is 0 Å². The van der Waals surface area contributed by atoms with Crippen LogP contribution in [0.2, 0.25) is 0 Å². The van der Waals surface area contributed by atoms with E-state index in [1.54, 1.807) is 6.20 Å². The molecule has 1 rings (SSSR count). The summed E-state index contributed by atoms with van der Waals surface area (Å²) < 4.78 is 0. The Bertz CT molecular complexity index is 457. The van der Waals surface area contributed by atoms with Crippen LogP contribution in [-0.2, 0) is 4.79 Å². The van der Waals surface area contributed by atoms with Crippen LogP contribution in [-0.4, -0.2) is 6.29 Å². The minimum Gasteiger partial charge on any atom is -0.361 e. The molecule has 1 aromatic rings. The van der Waals surface area contributed by atoms with E-state index in [-0.39, 0.29) is 5.41 Å². The molecule has 0 aromatic heterocycles. The lowest BCUT2D eigenvalue weighted by atomic mass is 9.82. The molecular weight excluding hydrogens is 234 g/mol. The van der Waals surface area contributed by atoms with Gasteiger partial charge in [0.25, 0.3) is 0 Å². The average Bonchev–Trinajstić information content (AvgIpc) is 2.40. The summed E-state index contributed by atoms with van der Waals surface area (Å²) in [6.45, 7) is 10.6. The van der Waals surface area contributed by atoms with E-state index in [2.05, 4.69) is 32.7 Å². The zero-order chi connectivity index (χ0) is 14.3. The highest BCUT2D eigenvalue weighted by molar-refractivity contribution is 5.80. The standard InChI is InChI=1S/C17H23NO/c1-5-17(3,4)11-14(2)15(13-19)12-18-16-9-7-6-8-10-16/h6-10,12-13,18H,2,5,11H2,1,3-4H3/b15-12-. The van der Waals surface area contributed by atoms with Gasteiger partial charge in [0.1, 0.15) is 0 Å². The zero-order valence-electron chi connectivity index (χ0n) is 12.1. The Morgan fingerprint density at radius 2 is 1.95 bits per heavy atom. The zero-order valence-corrected chi connectivity index (χ0v) is 12.1. The van der Waals surface area contributed by atoms with Gasteiger partial charge in [0.05, 0.1) is 0 Å². The monoisotopic (exact) mass is 257 g/mol. The molecule has 0 fully saturated rings. The van der Waals surface area contributed by atoms with Crippen LogP contribution < -0.4 is 5.32 Å². The molecule has 1 N–H and O–H groups in total. The van der Waals surface area contributed by atoms with Gasteiger partial charge >= 0.3 is 0 Å². The molecule has 2 heteroatoms. The van der Waals surface area contributed by atoms with Crippen molar-refractivity contribution in [3.63, 3.8) is 0 Å². The van der Waals surface area contributed by atoms with E-state index in [9.17, 15) is 4.79 Å². The smallest absolute Gasteiger partial charge is 0.151 e. The van der Waals surface area contributed by atoms with E-state index >= 15 is 0 Å². The van der Waals surface area contributed by atoms with Crippen molar-refractivity contribution >= 4 is 12.0 Å². The molecule has 0 atom stereocenters. The van der Waals surface area contributed by atoms with Gasteiger partial charge in [-0.2, -0.15) is 0 Å². The Hall–Kier alpha value is -1.83. The van der Waals surface area contributed by atoms with Gasteiger partial charge in [-0.3, -0.25) is 4.79 Å². The summed E-state index contributed by atoms with van der Waals surface area (Å²) in [6, 6.07) is 9.77. The number of carbonyl (C=O) groups is 1. The molecule has 1 aromatic carbocycles. The second-order valence-corrected chi connectivity index (χ2v) is 5.53. The SMILES string of the molecule is C=C(CC(C)(C)CC)/C(C=O)=C\Nc1ccccc1. The average molecular weight is 257 g/mol. The number of allylic oxidation sites excluding steroid dienone is 2. The first-order valence-corrected chi connectivity index (χ1v) is 6.63. The number of nitrogens with one attached hydrogen (secondary N) is 1. The quantitative estimate of drug-likeness (QED) is 0.440. The molecule has 0 aliphatic heterocycles. The predicted molar refractivity (Wildman–Crippen MR) is 82.0 cm³/mol. The topological polar surface area (TPSA) is 29.1 Å². The Kier molecular flexibility index (Phi) is 5.56. The van der Waals surface area contributed by atoms with Crippen LogP contribution in [0.15, 0.2) is 54.3 Å². The Morgan fingerprint density at radius 3 is 2.47 bits per heavy atom. The molecule has 102 valence electrons. The van der Waals surface area contributed by atoms with Crippen molar-refractivity contribution in [2.75, 3.05) is 5.32 Å². The lowest BCUT2D eigenvalue weighted by Gasteiger charge is -2.23. The minimum atomic E-state index is 0.173. The molecule has 0 saturated carbocycles. The second kappa shape index (κ2) is 6.93. The molecule has 0 aliphatic rings. The molecule has 0 amide bonds. The third-order valence-corrected chi connectivity index (χ3v) is 3.35. The minimum absolute atomic E-state index is 0.173. The van der Waals surface area contributed by atoms with Crippen LogP contribution in [0.25, 0.3) is 0 Å². The molecule has 0 heterocycles. The van der Waals surface area contributed by atoms with Gasteiger partial charge in [-0.1, -0.05) is 52.0 Å². The maximum atomic E-state index is 11.2. The summed E-state index contributed by atoms with van der Waals surface area (Å²) in [4.78, 5) is 11.2.